The summed E-state index contributed by atoms with van der Waals surface area (Å²) in [5.41, 5.74) is 1.69. The number of hydrogen-bond donors (Lipinski definition) is 1. The number of aryl methyl sites for hydroxylation is 1. The summed E-state index contributed by atoms with van der Waals surface area (Å²) in [6.45, 7) is 1.81. The van der Waals surface area contributed by atoms with Crippen molar-refractivity contribution < 1.29 is 14.3 Å². The van der Waals surface area contributed by atoms with E-state index in [1.807, 2.05) is 53.2 Å². The van der Waals surface area contributed by atoms with Crippen LogP contribution in [0.25, 0.3) is 0 Å². The maximum absolute atomic E-state index is 13.1. The lowest BCUT2D eigenvalue weighted by Gasteiger charge is -2.24. The number of imidazole rings is 1. The summed E-state index contributed by atoms with van der Waals surface area (Å²) in [4.78, 5) is 18.9. The molecule has 0 saturated carbocycles. The summed E-state index contributed by atoms with van der Waals surface area (Å²) in [5, 5.41) is 2.99. The number of ether oxygens (including phenoxy) is 2. The lowest BCUT2D eigenvalue weighted by Crippen LogP contribution is -2.35. The molecule has 1 heterocycles. The van der Waals surface area contributed by atoms with Crippen molar-refractivity contribution in [2.45, 2.75) is 19.5 Å². The van der Waals surface area contributed by atoms with Crippen LogP contribution in [0.4, 0.5) is 10.5 Å². The minimum atomic E-state index is -0.165. The van der Waals surface area contributed by atoms with Gasteiger partial charge in [0.2, 0.25) is 0 Å². The molecule has 1 N–H and O–H groups in total. The number of para-hydroxylation sites is 1. The lowest BCUT2D eigenvalue weighted by atomic mass is 10.2. The van der Waals surface area contributed by atoms with Crippen molar-refractivity contribution in [2.24, 2.45) is 0 Å². The van der Waals surface area contributed by atoms with Crippen LogP contribution in [0, 0.1) is 0 Å². The minimum Gasteiger partial charge on any atom is -0.493 e. The molecule has 8 heteroatoms. The number of methoxy groups -OCH3 is 2. The maximum atomic E-state index is 13.1. The van der Waals surface area contributed by atoms with Crippen LogP contribution in [0.5, 0.6) is 11.5 Å². The van der Waals surface area contributed by atoms with E-state index in [0.717, 1.165) is 28.7 Å². The third-order valence-electron chi connectivity index (χ3n) is 4.63. The van der Waals surface area contributed by atoms with Crippen LogP contribution in [0.3, 0.4) is 0 Å². The number of amides is 2. The lowest BCUT2D eigenvalue weighted by molar-refractivity contribution is 0.207. The topological polar surface area (TPSA) is 68.6 Å². The zero-order valence-electron chi connectivity index (χ0n) is 17.0. The second kappa shape index (κ2) is 10.7. The van der Waals surface area contributed by atoms with Crippen molar-refractivity contribution in [3.05, 3.63) is 71.2 Å². The summed E-state index contributed by atoms with van der Waals surface area (Å²) >= 11 is 3.48. The van der Waals surface area contributed by atoms with E-state index >= 15 is 0 Å². The highest BCUT2D eigenvalue weighted by Crippen LogP contribution is 2.28. The first-order valence-electron chi connectivity index (χ1n) is 9.58. The number of urea groups is 1. The van der Waals surface area contributed by atoms with Crippen molar-refractivity contribution >= 4 is 27.6 Å². The molecule has 1 aromatic heterocycles. The number of anilines is 1. The van der Waals surface area contributed by atoms with Gasteiger partial charge in [0.25, 0.3) is 0 Å². The highest BCUT2D eigenvalue weighted by molar-refractivity contribution is 9.10. The molecule has 0 spiro atoms. The summed E-state index contributed by atoms with van der Waals surface area (Å²) in [5.74, 6) is 1.30. The average Bonchev–Trinajstić information content (AvgIpc) is 3.28. The Morgan fingerprint density at radius 2 is 1.97 bits per heavy atom. The predicted octanol–water partition coefficient (Wildman–Crippen LogP) is 4.79. The quantitative estimate of drug-likeness (QED) is 0.486. The number of hydrogen-bond acceptors (Lipinski definition) is 4. The number of nitrogens with one attached hydrogen (secondary N) is 1. The summed E-state index contributed by atoms with van der Waals surface area (Å²) in [6, 6.07) is 13.1. The van der Waals surface area contributed by atoms with Crippen molar-refractivity contribution in [3.8, 4) is 11.5 Å². The van der Waals surface area contributed by atoms with Crippen LogP contribution in [-0.4, -0.2) is 41.2 Å². The first kappa shape index (κ1) is 21.7. The number of rotatable bonds is 9. The molecule has 0 aliphatic rings. The third-order valence-corrected chi connectivity index (χ3v) is 5.32. The van der Waals surface area contributed by atoms with Crippen molar-refractivity contribution in [1.82, 2.24) is 14.5 Å². The Labute approximate surface area is 184 Å². The van der Waals surface area contributed by atoms with Gasteiger partial charge in [-0.05, 0) is 52.2 Å². The molecule has 0 aliphatic heterocycles. The van der Waals surface area contributed by atoms with Crippen LogP contribution in [-0.2, 0) is 13.1 Å². The van der Waals surface area contributed by atoms with Gasteiger partial charge in [-0.15, -0.1) is 0 Å². The number of aromatic nitrogens is 2. The van der Waals surface area contributed by atoms with E-state index in [1.54, 1.807) is 31.6 Å². The van der Waals surface area contributed by atoms with Crippen LogP contribution in [0.2, 0.25) is 0 Å². The molecule has 30 heavy (non-hydrogen) atoms. The number of halogens is 1. The standard InChI is InChI=1S/C22H25BrN4O3/c1-29-20-9-8-17(14-21(20)30-2)15-27(12-5-11-26-13-10-24-16-26)22(28)25-19-7-4-3-6-18(19)23/h3-4,6-10,13-14,16H,5,11-12,15H2,1-2H3,(H,25,28). The Morgan fingerprint density at radius 3 is 2.67 bits per heavy atom. The third kappa shape index (κ3) is 5.76. The molecule has 2 aromatic carbocycles. The SMILES string of the molecule is COc1ccc(CN(CCCn2ccnc2)C(=O)Nc2ccccc2Br)cc1OC. The van der Waals surface area contributed by atoms with Crippen molar-refractivity contribution in [3.63, 3.8) is 0 Å². The number of benzene rings is 2. The Morgan fingerprint density at radius 1 is 1.17 bits per heavy atom. The molecule has 0 aliphatic carbocycles. The molecule has 158 valence electrons. The summed E-state index contributed by atoms with van der Waals surface area (Å²) in [6.07, 6.45) is 6.24. The fraction of sp³-hybridized carbons (Fsp3) is 0.273. The molecule has 7 nitrogen and oxygen atoms in total. The van der Waals surface area contributed by atoms with Crippen molar-refractivity contribution in [1.29, 1.82) is 0 Å². The summed E-state index contributed by atoms with van der Waals surface area (Å²) < 4.78 is 13.5. The Kier molecular flexibility index (Phi) is 7.73. The predicted molar refractivity (Wildman–Crippen MR) is 120 cm³/mol. The molecule has 2 amide bonds. The van der Waals surface area contributed by atoms with E-state index in [9.17, 15) is 4.79 Å². The van der Waals surface area contributed by atoms with Gasteiger partial charge >= 0.3 is 6.03 Å². The fourth-order valence-corrected chi connectivity index (χ4v) is 3.46. The number of carbonyl (C=O) groups is 1. The van der Waals surface area contributed by atoms with Crippen LogP contribution in [0.15, 0.2) is 65.7 Å². The van der Waals surface area contributed by atoms with Gasteiger partial charge in [0.1, 0.15) is 0 Å². The van der Waals surface area contributed by atoms with Gasteiger partial charge < -0.3 is 24.3 Å². The van der Waals surface area contributed by atoms with E-state index in [1.165, 1.54) is 0 Å². The van der Waals surface area contributed by atoms with Crippen LogP contribution < -0.4 is 14.8 Å². The molecule has 3 rings (SSSR count). The normalized spacial score (nSPS) is 10.5. The minimum absolute atomic E-state index is 0.165. The second-order valence-electron chi connectivity index (χ2n) is 6.67. The van der Waals surface area contributed by atoms with Gasteiger partial charge in [-0.2, -0.15) is 0 Å². The molecular formula is C22H25BrN4O3. The smallest absolute Gasteiger partial charge is 0.322 e. The van der Waals surface area contributed by atoms with E-state index in [0.29, 0.717) is 24.6 Å². The first-order valence-corrected chi connectivity index (χ1v) is 10.4. The van der Waals surface area contributed by atoms with Gasteiger partial charge in [-0.1, -0.05) is 18.2 Å². The Bertz CT molecular complexity index is 963. The summed E-state index contributed by atoms with van der Waals surface area (Å²) in [7, 11) is 3.20. The fourth-order valence-electron chi connectivity index (χ4n) is 3.07. The molecule has 3 aromatic rings. The average molecular weight is 473 g/mol. The monoisotopic (exact) mass is 472 g/mol. The van der Waals surface area contributed by atoms with Gasteiger partial charge in [0.05, 0.1) is 26.2 Å². The zero-order valence-corrected chi connectivity index (χ0v) is 18.6. The van der Waals surface area contributed by atoms with E-state index in [-0.39, 0.29) is 6.03 Å². The number of nitrogens with zero attached hydrogens (tertiary/aromatic N) is 3. The van der Waals surface area contributed by atoms with E-state index < -0.39 is 0 Å². The first-order chi connectivity index (χ1) is 14.6. The van der Waals surface area contributed by atoms with E-state index in [2.05, 4.69) is 26.2 Å². The molecule has 0 bridgehead atoms. The van der Waals surface area contributed by atoms with Crippen molar-refractivity contribution in [2.75, 3.05) is 26.1 Å². The highest BCUT2D eigenvalue weighted by Gasteiger charge is 2.16. The molecule has 0 unspecified atom stereocenters. The zero-order chi connectivity index (χ0) is 21.3. The molecule has 0 saturated heterocycles. The molecule has 0 radical (unpaired) electrons. The van der Waals surface area contributed by atoms with Gasteiger partial charge in [-0.3, -0.25) is 0 Å². The van der Waals surface area contributed by atoms with Crippen LogP contribution >= 0.6 is 15.9 Å². The largest absolute Gasteiger partial charge is 0.493 e. The number of carbonyl (C=O) groups excluding carboxylic acids is 1. The molecular weight excluding hydrogens is 448 g/mol. The molecule has 0 atom stereocenters. The highest BCUT2D eigenvalue weighted by atomic mass is 79.9. The Hall–Kier alpha value is -3.00. The maximum Gasteiger partial charge on any atom is 0.322 e. The van der Waals surface area contributed by atoms with Gasteiger partial charge in [0, 0.05) is 36.5 Å². The van der Waals surface area contributed by atoms with Gasteiger partial charge in [0.15, 0.2) is 11.5 Å². The van der Waals surface area contributed by atoms with E-state index in [4.69, 9.17) is 9.47 Å². The second-order valence-corrected chi connectivity index (χ2v) is 7.53. The van der Waals surface area contributed by atoms with Gasteiger partial charge in [-0.25, -0.2) is 9.78 Å². The Balaban J connectivity index is 1.74. The van der Waals surface area contributed by atoms with Crippen LogP contribution in [0.1, 0.15) is 12.0 Å². The molecule has 0 fully saturated rings.